The number of piperidine rings is 1. The molecule has 1 aliphatic rings. The summed E-state index contributed by atoms with van der Waals surface area (Å²) in [6.45, 7) is 5.82. The Hall–Kier alpha value is -2.28. The van der Waals surface area contributed by atoms with Crippen LogP contribution in [0, 0.1) is 6.92 Å². The van der Waals surface area contributed by atoms with Crippen LogP contribution >= 0.6 is 0 Å². The monoisotopic (exact) mass is 415 g/mol. The first-order valence-corrected chi connectivity index (χ1v) is 10.4. The van der Waals surface area contributed by atoms with Crippen molar-refractivity contribution in [2.45, 2.75) is 31.9 Å². The second-order valence-electron chi connectivity index (χ2n) is 7.93. The number of rotatable bonds is 10. The van der Waals surface area contributed by atoms with E-state index in [-0.39, 0.29) is 0 Å². The second-order valence-corrected chi connectivity index (χ2v) is 7.93. The first-order chi connectivity index (χ1) is 14.5. The Morgan fingerprint density at radius 1 is 0.933 bits per heavy atom. The van der Waals surface area contributed by atoms with Crippen molar-refractivity contribution in [3.05, 3.63) is 53.6 Å². The van der Waals surface area contributed by atoms with Gasteiger partial charge < -0.3 is 24.1 Å². The molecule has 2 aromatic carbocycles. The van der Waals surface area contributed by atoms with Crippen LogP contribution in [0.15, 0.2) is 42.5 Å². The molecule has 6 heteroatoms. The van der Waals surface area contributed by atoms with Gasteiger partial charge in [-0.15, -0.1) is 0 Å². The summed E-state index contributed by atoms with van der Waals surface area (Å²) in [6.07, 6.45) is 1.37. The predicted molar refractivity (Wildman–Crippen MR) is 116 cm³/mol. The molecule has 0 bridgehead atoms. The van der Waals surface area contributed by atoms with Gasteiger partial charge in [0.25, 0.3) is 0 Å². The number of ether oxygens (including phenoxy) is 4. The highest BCUT2D eigenvalue weighted by atomic mass is 16.5. The normalized spacial score (nSPS) is 16.3. The van der Waals surface area contributed by atoms with E-state index in [1.54, 1.807) is 14.2 Å². The van der Waals surface area contributed by atoms with Crippen molar-refractivity contribution < 1.29 is 24.1 Å². The zero-order valence-electron chi connectivity index (χ0n) is 18.2. The van der Waals surface area contributed by atoms with Gasteiger partial charge in [-0.1, -0.05) is 23.8 Å². The number of nitrogens with zero attached hydrogens (tertiary/aromatic N) is 1. The van der Waals surface area contributed by atoms with Gasteiger partial charge in [-0.3, -0.25) is 4.90 Å². The molecule has 0 aliphatic carbocycles. The van der Waals surface area contributed by atoms with Crippen LogP contribution in [-0.2, 0) is 11.3 Å². The highest BCUT2D eigenvalue weighted by Crippen LogP contribution is 2.30. The SMILES string of the molecule is COCCOc1cc(CN2CCC(O)(COc3ccc(C)cc3)CC2)ccc1OC. The largest absolute Gasteiger partial charge is 0.493 e. The van der Waals surface area contributed by atoms with Crippen molar-refractivity contribution in [1.82, 2.24) is 4.90 Å². The highest BCUT2D eigenvalue weighted by Gasteiger charge is 2.33. The maximum Gasteiger partial charge on any atom is 0.161 e. The van der Waals surface area contributed by atoms with E-state index >= 15 is 0 Å². The van der Waals surface area contributed by atoms with Crippen molar-refractivity contribution in [2.75, 3.05) is 47.1 Å². The van der Waals surface area contributed by atoms with E-state index in [2.05, 4.69) is 11.0 Å². The number of hydrogen-bond donors (Lipinski definition) is 1. The van der Waals surface area contributed by atoms with Gasteiger partial charge in [-0.05, 0) is 49.6 Å². The maximum atomic E-state index is 10.9. The zero-order chi connectivity index (χ0) is 21.4. The summed E-state index contributed by atoms with van der Waals surface area (Å²) in [5, 5.41) is 10.9. The van der Waals surface area contributed by atoms with Gasteiger partial charge >= 0.3 is 0 Å². The molecule has 164 valence electrons. The fourth-order valence-electron chi connectivity index (χ4n) is 3.55. The molecule has 1 saturated heterocycles. The maximum absolute atomic E-state index is 10.9. The van der Waals surface area contributed by atoms with E-state index in [1.807, 2.05) is 43.3 Å². The van der Waals surface area contributed by atoms with Crippen LogP contribution in [0.5, 0.6) is 17.2 Å². The average molecular weight is 416 g/mol. The molecule has 1 heterocycles. The summed E-state index contributed by atoms with van der Waals surface area (Å²) >= 11 is 0. The second kappa shape index (κ2) is 10.7. The fraction of sp³-hybridized carbons (Fsp3) is 0.500. The molecule has 1 fully saturated rings. The van der Waals surface area contributed by atoms with E-state index in [9.17, 15) is 5.11 Å². The van der Waals surface area contributed by atoms with E-state index < -0.39 is 5.60 Å². The van der Waals surface area contributed by atoms with Gasteiger partial charge in [0.2, 0.25) is 0 Å². The topological polar surface area (TPSA) is 60.4 Å². The molecular weight excluding hydrogens is 382 g/mol. The number of methoxy groups -OCH3 is 2. The lowest BCUT2D eigenvalue weighted by atomic mass is 9.92. The minimum absolute atomic E-state index is 0.323. The van der Waals surface area contributed by atoms with Crippen molar-refractivity contribution in [3.63, 3.8) is 0 Å². The van der Waals surface area contributed by atoms with Gasteiger partial charge in [0.15, 0.2) is 11.5 Å². The molecule has 0 spiro atoms. The summed E-state index contributed by atoms with van der Waals surface area (Å²) in [5.74, 6) is 2.25. The molecule has 3 rings (SSSR count). The van der Waals surface area contributed by atoms with Crippen molar-refractivity contribution in [2.24, 2.45) is 0 Å². The number of likely N-dealkylation sites (tertiary alicyclic amines) is 1. The molecule has 0 amide bonds. The summed E-state index contributed by atoms with van der Waals surface area (Å²) in [5.41, 5.74) is 1.57. The number of aliphatic hydroxyl groups is 1. The Morgan fingerprint density at radius 3 is 2.33 bits per heavy atom. The minimum Gasteiger partial charge on any atom is -0.493 e. The minimum atomic E-state index is -0.782. The molecule has 0 aromatic heterocycles. The third-order valence-electron chi connectivity index (χ3n) is 5.49. The van der Waals surface area contributed by atoms with E-state index in [0.29, 0.717) is 32.7 Å². The fourth-order valence-corrected chi connectivity index (χ4v) is 3.55. The lowest BCUT2D eigenvalue weighted by Crippen LogP contribution is -2.47. The molecule has 30 heavy (non-hydrogen) atoms. The number of aryl methyl sites for hydroxylation is 1. The van der Waals surface area contributed by atoms with E-state index in [0.717, 1.165) is 42.4 Å². The summed E-state index contributed by atoms with van der Waals surface area (Å²) in [7, 11) is 3.29. The summed E-state index contributed by atoms with van der Waals surface area (Å²) < 4.78 is 22.1. The first kappa shape index (κ1) is 22.4. The summed E-state index contributed by atoms with van der Waals surface area (Å²) in [4.78, 5) is 2.35. The van der Waals surface area contributed by atoms with E-state index in [1.165, 1.54) is 5.56 Å². The van der Waals surface area contributed by atoms with Crippen LogP contribution in [0.25, 0.3) is 0 Å². The van der Waals surface area contributed by atoms with E-state index in [4.69, 9.17) is 18.9 Å². The van der Waals surface area contributed by atoms with Crippen LogP contribution in [0.3, 0.4) is 0 Å². The van der Waals surface area contributed by atoms with Crippen LogP contribution < -0.4 is 14.2 Å². The molecule has 1 N–H and O–H groups in total. The van der Waals surface area contributed by atoms with Crippen LogP contribution in [0.2, 0.25) is 0 Å². The zero-order valence-corrected chi connectivity index (χ0v) is 18.2. The Morgan fingerprint density at radius 2 is 1.67 bits per heavy atom. The third kappa shape index (κ3) is 6.36. The molecular formula is C24H33NO5. The molecule has 0 unspecified atom stereocenters. The third-order valence-corrected chi connectivity index (χ3v) is 5.49. The van der Waals surface area contributed by atoms with Crippen molar-refractivity contribution in [3.8, 4) is 17.2 Å². The lowest BCUT2D eigenvalue weighted by molar-refractivity contribution is -0.0537. The van der Waals surface area contributed by atoms with Crippen molar-refractivity contribution >= 4 is 0 Å². The van der Waals surface area contributed by atoms with Crippen molar-refractivity contribution in [1.29, 1.82) is 0 Å². The molecule has 1 aliphatic heterocycles. The van der Waals surface area contributed by atoms with Gasteiger partial charge in [-0.2, -0.15) is 0 Å². The number of benzene rings is 2. The Balaban J connectivity index is 1.51. The molecule has 0 radical (unpaired) electrons. The molecule has 0 atom stereocenters. The Kier molecular flexibility index (Phi) is 7.96. The predicted octanol–water partition coefficient (Wildman–Crippen LogP) is 3.43. The van der Waals surface area contributed by atoms with Gasteiger partial charge in [0.1, 0.15) is 24.6 Å². The quantitative estimate of drug-likeness (QED) is 0.600. The molecule has 0 saturated carbocycles. The average Bonchev–Trinajstić information content (AvgIpc) is 2.76. The smallest absolute Gasteiger partial charge is 0.161 e. The molecule has 2 aromatic rings. The Labute approximate surface area is 179 Å². The van der Waals surface area contributed by atoms with Gasteiger partial charge in [0.05, 0.1) is 13.7 Å². The first-order valence-electron chi connectivity index (χ1n) is 10.4. The highest BCUT2D eigenvalue weighted by molar-refractivity contribution is 5.43. The lowest BCUT2D eigenvalue weighted by Gasteiger charge is -2.38. The molecule has 6 nitrogen and oxygen atoms in total. The van der Waals surface area contributed by atoms with Crippen LogP contribution in [0.4, 0.5) is 0 Å². The summed E-state index contributed by atoms with van der Waals surface area (Å²) in [6, 6.07) is 14.0. The Bertz CT molecular complexity index is 785. The van der Waals surface area contributed by atoms with Gasteiger partial charge in [-0.25, -0.2) is 0 Å². The number of hydrogen-bond acceptors (Lipinski definition) is 6. The van der Waals surface area contributed by atoms with Crippen LogP contribution in [-0.4, -0.2) is 62.7 Å². The van der Waals surface area contributed by atoms with Gasteiger partial charge in [0, 0.05) is 26.7 Å². The standard InChI is InChI=1S/C24H33NO5/c1-19-4-7-21(8-5-19)30-18-24(26)10-12-25(13-11-24)17-20-6-9-22(28-3)23(16-20)29-15-14-27-2/h4-9,16,26H,10-15,17-18H2,1-3H3. The van der Waals surface area contributed by atoms with Crippen LogP contribution in [0.1, 0.15) is 24.0 Å².